The van der Waals surface area contributed by atoms with E-state index in [1.165, 1.54) is 4.90 Å². The lowest BCUT2D eigenvalue weighted by molar-refractivity contribution is -0.261. The van der Waals surface area contributed by atoms with Crippen molar-refractivity contribution < 1.29 is 24.1 Å². The van der Waals surface area contributed by atoms with Crippen molar-refractivity contribution in [2.75, 3.05) is 20.8 Å². The first-order valence-electron chi connectivity index (χ1n) is 6.45. The lowest BCUT2D eigenvalue weighted by Gasteiger charge is -2.30. The molecule has 0 aliphatic carbocycles. The average Bonchev–Trinajstić information content (AvgIpc) is 2.30. The third-order valence-electron chi connectivity index (χ3n) is 2.42. The summed E-state index contributed by atoms with van der Waals surface area (Å²) in [5, 5.41) is 21.1. The zero-order chi connectivity index (χ0) is 15.9. The molecule has 0 aromatic heterocycles. The van der Waals surface area contributed by atoms with E-state index in [1.807, 2.05) is 0 Å². The average molecular weight is 291 g/mol. The number of hydrogen-bond acceptors (Lipinski definition) is 5. The van der Waals surface area contributed by atoms with Crippen LogP contribution in [0.5, 0.6) is 0 Å². The number of aliphatic hydroxyl groups excluding tert-OH is 1. The summed E-state index contributed by atoms with van der Waals surface area (Å²) >= 11 is 0. The summed E-state index contributed by atoms with van der Waals surface area (Å²) in [6.45, 7) is 4.00. The number of alkyl halides is 1. The maximum atomic E-state index is 12.6. The van der Waals surface area contributed by atoms with E-state index in [0.29, 0.717) is 0 Å². The quantitative estimate of drug-likeness (QED) is 0.555. The Morgan fingerprint density at radius 2 is 2.00 bits per heavy atom. The van der Waals surface area contributed by atoms with Crippen molar-refractivity contribution in [1.82, 2.24) is 4.90 Å². The highest BCUT2D eigenvalue weighted by Gasteiger charge is 2.20. The molecule has 1 N–H and O–H groups in total. The number of ether oxygens (including phenoxy) is 1. The van der Waals surface area contributed by atoms with Crippen molar-refractivity contribution in [2.24, 2.45) is 4.99 Å². The largest absolute Gasteiger partial charge is 0.595 e. The van der Waals surface area contributed by atoms with Gasteiger partial charge in [0.2, 0.25) is 5.91 Å². The molecular weight excluding hydrogens is 267 g/mol. The molecule has 0 spiro atoms. The summed E-state index contributed by atoms with van der Waals surface area (Å²) in [6, 6.07) is -0.987. The molecule has 0 rings (SSSR count). The molecule has 0 aromatic rings. The highest BCUT2D eigenvalue weighted by Crippen LogP contribution is 2.12. The zero-order valence-electron chi connectivity index (χ0n) is 12.7. The van der Waals surface area contributed by atoms with Crippen LogP contribution in [0, 0.1) is 0 Å². The second-order valence-corrected chi connectivity index (χ2v) is 5.73. The minimum atomic E-state index is -1.42. The van der Waals surface area contributed by atoms with Gasteiger partial charge in [-0.15, -0.1) is 0 Å². The van der Waals surface area contributed by atoms with Crippen LogP contribution in [0.15, 0.2) is 4.99 Å². The molecule has 0 aromatic carbocycles. The van der Waals surface area contributed by atoms with Crippen molar-refractivity contribution >= 4 is 12.0 Å². The molecule has 0 bridgehead atoms. The highest BCUT2D eigenvalue weighted by atomic mass is 19.1. The molecule has 0 saturated heterocycles. The van der Waals surface area contributed by atoms with Crippen LogP contribution >= 0.6 is 0 Å². The molecular formula is C13H24FN2O4-. The number of nitrogens with zero attached hydrogens (tertiary/aromatic N) is 2. The maximum absolute atomic E-state index is 12.6. The van der Waals surface area contributed by atoms with Crippen molar-refractivity contribution in [1.29, 1.82) is 0 Å². The van der Waals surface area contributed by atoms with Gasteiger partial charge in [0.15, 0.2) is 0 Å². The second kappa shape index (κ2) is 8.04. The summed E-state index contributed by atoms with van der Waals surface area (Å²) in [7, 11) is 3.18. The van der Waals surface area contributed by atoms with Gasteiger partial charge in [-0.2, -0.15) is 0 Å². The Hall–Kier alpha value is -1.37. The highest BCUT2D eigenvalue weighted by molar-refractivity contribution is 5.75. The van der Waals surface area contributed by atoms with E-state index in [1.54, 1.807) is 34.9 Å². The van der Waals surface area contributed by atoms with E-state index in [9.17, 15) is 19.4 Å². The second-order valence-electron chi connectivity index (χ2n) is 5.73. The number of aliphatic hydroxyl groups is 1. The summed E-state index contributed by atoms with van der Waals surface area (Å²) in [6.07, 6.45) is -2.13. The topological polar surface area (TPSA) is 85.2 Å². The minimum absolute atomic E-state index is 0.0705. The van der Waals surface area contributed by atoms with Gasteiger partial charge < -0.3 is 19.8 Å². The van der Waals surface area contributed by atoms with Gasteiger partial charge in [0.05, 0.1) is 6.04 Å². The standard InChI is InChI=1S/C13H25FN2O4/c1-13(2,3)20-12(19)15-9(10(17)8-14)6-7-11(18)16(4)5/h9-10,17H,6-8H2,1-5H3,(H,15,19)/p-1/t9-,10?/m0/s1. The predicted molar refractivity (Wildman–Crippen MR) is 72.0 cm³/mol. The van der Waals surface area contributed by atoms with Crippen molar-refractivity contribution in [3.05, 3.63) is 0 Å². The SMILES string of the molecule is CN(C)C(=O)CC[C@H](N=C([O-])OC(C)(C)C)C(O)CF. The van der Waals surface area contributed by atoms with Gasteiger partial charge in [0.25, 0.3) is 0 Å². The molecule has 0 saturated carbocycles. The van der Waals surface area contributed by atoms with Crippen LogP contribution < -0.4 is 5.11 Å². The first-order valence-corrected chi connectivity index (χ1v) is 6.45. The van der Waals surface area contributed by atoms with Gasteiger partial charge in [0.1, 0.15) is 18.9 Å². The van der Waals surface area contributed by atoms with Gasteiger partial charge in [0, 0.05) is 26.1 Å². The van der Waals surface area contributed by atoms with E-state index in [0.717, 1.165) is 0 Å². The Kier molecular flexibility index (Phi) is 7.49. The number of rotatable bonds is 6. The van der Waals surface area contributed by atoms with Gasteiger partial charge in [-0.1, -0.05) is 20.8 Å². The normalized spacial score (nSPS) is 15.7. The first-order chi connectivity index (χ1) is 9.06. The van der Waals surface area contributed by atoms with E-state index in [4.69, 9.17) is 4.74 Å². The Morgan fingerprint density at radius 1 is 1.45 bits per heavy atom. The van der Waals surface area contributed by atoms with Gasteiger partial charge in [-0.25, -0.2) is 4.39 Å². The molecule has 20 heavy (non-hydrogen) atoms. The molecule has 118 valence electrons. The number of halogens is 1. The third kappa shape index (κ3) is 7.93. The molecule has 0 fully saturated rings. The first kappa shape index (κ1) is 18.6. The molecule has 0 radical (unpaired) electrons. The fourth-order valence-corrected chi connectivity index (χ4v) is 1.36. The number of amides is 1. The zero-order valence-corrected chi connectivity index (χ0v) is 12.7. The van der Waals surface area contributed by atoms with Crippen LogP contribution in [-0.2, 0) is 9.53 Å². The summed E-state index contributed by atoms with van der Waals surface area (Å²) in [4.78, 5) is 16.5. The summed E-state index contributed by atoms with van der Waals surface area (Å²) in [5.74, 6) is -0.180. The molecule has 7 heteroatoms. The number of carbonyl (C=O) groups is 1. The van der Waals surface area contributed by atoms with E-state index >= 15 is 0 Å². The van der Waals surface area contributed by atoms with Crippen molar-refractivity contribution in [3.8, 4) is 0 Å². The van der Waals surface area contributed by atoms with E-state index < -0.39 is 30.5 Å². The Labute approximate surface area is 119 Å². The van der Waals surface area contributed by atoms with E-state index in [-0.39, 0.29) is 18.7 Å². The predicted octanol–water partition coefficient (Wildman–Crippen LogP) is 0.0852. The number of carbonyl (C=O) groups excluding carboxylic acids is 1. The van der Waals surface area contributed by atoms with Crippen LogP contribution in [0.25, 0.3) is 0 Å². The summed E-state index contributed by atoms with van der Waals surface area (Å²) < 4.78 is 17.5. The van der Waals surface area contributed by atoms with Crippen LogP contribution in [0.3, 0.4) is 0 Å². The fourth-order valence-electron chi connectivity index (χ4n) is 1.36. The van der Waals surface area contributed by atoms with Crippen LogP contribution in [0.2, 0.25) is 0 Å². The molecule has 2 atom stereocenters. The lowest BCUT2D eigenvalue weighted by atomic mass is 10.1. The Balaban J connectivity index is 4.73. The molecule has 0 aliphatic rings. The van der Waals surface area contributed by atoms with E-state index in [2.05, 4.69) is 4.99 Å². The molecule has 1 amide bonds. The molecule has 6 nitrogen and oxygen atoms in total. The maximum Gasteiger partial charge on any atom is 0.222 e. The molecule has 1 unspecified atom stereocenters. The van der Waals surface area contributed by atoms with Crippen LogP contribution in [0.1, 0.15) is 33.6 Å². The van der Waals surface area contributed by atoms with Crippen LogP contribution in [0.4, 0.5) is 4.39 Å². The lowest BCUT2D eigenvalue weighted by Crippen LogP contribution is -2.36. The van der Waals surface area contributed by atoms with Gasteiger partial charge in [-0.05, 0) is 6.42 Å². The number of aliphatic imine (C=N–C) groups is 1. The van der Waals surface area contributed by atoms with Crippen molar-refractivity contribution in [2.45, 2.75) is 51.4 Å². The van der Waals surface area contributed by atoms with Crippen molar-refractivity contribution in [3.63, 3.8) is 0 Å². The van der Waals surface area contributed by atoms with Crippen LogP contribution in [-0.4, -0.2) is 60.5 Å². The monoisotopic (exact) mass is 291 g/mol. The Morgan fingerprint density at radius 3 is 2.40 bits per heavy atom. The smallest absolute Gasteiger partial charge is 0.222 e. The molecule has 0 aliphatic heterocycles. The summed E-state index contributed by atoms with van der Waals surface area (Å²) in [5.41, 5.74) is -0.717. The fraction of sp³-hybridized carbons (Fsp3) is 0.846. The minimum Gasteiger partial charge on any atom is -0.595 e. The third-order valence-corrected chi connectivity index (χ3v) is 2.42. The molecule has 0 heterocycles. The van der Waals surface area contributed by atoms with Gasteiger partial charge in [-0.3, -0.25) is 9.79 Å². The number of hydrogen-bond donors (Lipinski definition) is 1. The Bertz CT molecular complexity index is 340. The van der Waals surface area contributed by atoms with Gasteiger partial charge >= 0.3 is 0 Å².